The average Bonchev–Trinajstić information content (AvgIpc) is 3.41. The number of fused-ring (bicyclic) bond motifs is 1. The second kappa shape index (κ2) is 8.24. The van der Waals surface area contributed by atoms with E-state index in [4.69, 9.17) is 9.72 Å². The van der Waals surface area contributed by atoms with E-state index in [1.54, 1.807) is 0 Å². The van der Waals surface area contributed by atoms with E-state index >= 15 is 0 Å². The molecule has 8 heteroatoms. The van der Waals surface area contributed by atoms with Crippen LogP contribution >= 0.6 is 11.8 Å². The normalized spacial score (nSPS) is 32.5. The van der Waals surface area contributed by atoms with E-state index in [0.29, 0.717) is 12.0 Å². The number of carboxylic acid groups (broad SMARTS) is 1. The molecule has 2 fully saturated rings. The van der Waals surface area contributed by atoms with Gasteiger partial charge < -0.3 is 15.2 Å². The number of ether oxygens (including phenoxy) is 1. The van der Waals surface area contributed by atoms with Crippen LogP contribution in [0.5, 0.6) is 0 Å². The highest BCUT2D eigenvalue weighted by atomic mass is 32.2. The van der Waals surface area contributed by atoms with Crippen LogP contribution in [0.2, 0.25) is 0 Å². The van der Waals surface area contributed by atoms with E-state index in [1.165, 1.54) is 48.6 Å². The number of morpholine rings is 1. The predicted octanol–water partition coefficient (Wildman–Crippen LogP) is 2.55. The lowest BCUT2D eigenvalue weighted by Crippen LogP contribution is -2.44. The summed E-state index contributed by atoms with van der Waals surface area (Å²) in [5, 5.41) is 12.8. The van der Waals surface area contributed by atoms with Gasteiger partial charge in [-0.1, -0.05) is 11.8 Å². The van der Waals surface area contributed by atoms with Crippen LogP contribution in [0.4, 0.5) is 5.82 Å². The fourth-order valence-corrected chi connectivity index (χ4v) is 6.21. The third kappa shape index (κ3) is 3.90. The number of anilines is 1. The van der Waals surface area contributed by atoms with Gasteiger partial charge in [0, 0.05) is 49.1 Å². The van der Waals surface area contributed by atoms with Crippen LogP contribution in [0.25, 0.3) is 0 Å². The van der Waals surface area contributed by atoms with Crippen molar-refractivity contribution in [1.82, 2.24) is 9.88 Å². The van der Waals surface area contributed by atoms with E-state index in [1.807, 2.05) is 6.20 Å². The van der Waals surface area contributed by atoms with Gasteiger partial charge in [0.2, 0.25) is 0 Å². The van der Waals surface area contributed by atoms with Crippen LogP contribution in [0, 0.1) is 0 Å². The highest BCUT2D eigenvalue weighted by Gasteiger charge is 2.36. The number of aromatic nitrogens is 1. The Morgan fingerprint density at radius 2 is 2.03 bits per heavy atom. The maximum absolute atomic E-state index is 11.2. The van der Waals surface area contributed by atoms with Gasteiger partial charge in [0.1, 0.15) is 5.82 Å². The molecule has 0 radical (unpaired) electrons. The molecule has 1 aromatic rings. The average molecular weight is 417 g/mol. The van der Waals surface area contributed by atoms with Crippen molar-refractivity contribution >= 4 is 28.6 Å². The first kappa shape index (κ1) is 19.3. The van der Waals surface area contributed by atoms with Gasteiger partial charge >= 0.3 is 5.97 Å². The van der Waals surface area contributed by atoms with Gasteiger partial charge in [-0.05, 0) is 43.2 Å². The monoisotopic (exact) mass is 416 g/mol. The first-order valence-electron chi connectivity index (χ1n) is 10.7. The Labute approximate surface area is 175 Å². The zero-order valence-corrected chi connectivity index (χ0v) is 17.4. The van der Waals surface area contributed by atoms with Crippen molar-refractivity contribution < 1.29 is 14.6 Å². The number of carbonyl (C=O) groups is 1. The molecule has 0 bridgehead atoms. The molecule has 1 aromatic heterocycles. The second-order valence-electron chi connectivity index (χ2n) is 8.47. The van der Waals surface area contributed by atoms with Crippen molar-refractivity contribution in [2.45, 2.75) is 49.6 Å². The van der Waals surface area contributed by atoms with E-state index in [-0.39, 0.29) is 17.0 Å². The summed E-state index contributed by atoms with van der Waals surface area (Å²) in [5.41, 5.74) is 2.56. The molecule has 4 aliphatic rings. The van der Waals surface area contributed by atoms with Crippen molar-refractivity contribution in [3.63, 3.8) is 0 Å². The SMILES string of the molecule is O=C(O)C1=NC(C2CNc3ncc(C4CCC(N5CCOCC5)CC4)cc32)CS1. The molecule has 4 heterocycles. The van der Waals surface area contributed by atoms with Gasteiger partial charge in [0.05, 0.1) is 19.3 Å². The standard InChI is InChI=1S/C21H28N4O3S/c26-21(27)20-24-18(12-29-20)17-11-23-19-16(17)9-14(10-22-19)13-1-3-15(4-2-13)25-5-7-28-8-6-25/h9-10,13,15,17-18H,1-8,11-12H2,(H,22,23)(H,26,27). The molecule has 2 atom stereocenters. The molecule has 5 rings (SSSR count). The smallest absolute Gasteiger partial charge is 0.360 e. The fourth-order valence-electron chi connectivity index (χ4n) is 5.24. The summed E-state index contributed by atoms with van der Waals surface area (Å²) in [5.74, 6) is 1.56. The zero-order valence-electron chi connectivity index (χ0n) is 16.5. The Morgan fingerprint density at radius 1 is 1.24 bits per heavy atom. The van der Waals surface area contributed by atoms with Gasteiger partial charge in [-0.15, -0.1) is 0 Å². The molecule has 7 nitrogen and oxygen atoms in total. The number of nitrogens with one attached hydrogen (secondary N) is 1. The summed E-state index contributed by atoms with van der Waals surface area (Å²) in [7, 11) is 0. The maximum Gasteiger partial charge on any atom is 0.360 e. The summed E-state index contributed by atoms with van der Waals surface area (Å²) in [6.45, 7) is 4.67. The van der Waals surface area contributed by atoms with Gasteiger partial charge in [-0.3, -0.25) is 9.89 Å². The molecule has 3 aliphatic heterocycles. The highest BCUT2D eigenvalue weighted by Crippen LogP contribution is 2.41. The molecular weight excluding hydrogens is 388 g/mol. The molecular formula is C21H28N4O3S. The fraction of sp³-hybridized carbons (Fsp3) is 0.667. The van der Waals surface area contributed by atoms with Crippen molar-refractivity contribution in [2.24, 2.45) is 4.99 Å². The lowest BCUT2D eigenvalue weighted by atomic mass is 9.80. The number of thioether (sulfide) groups is 1. The van der Waals surface area contributed by atoms with Crippen molar-refractivity contribution in [3.05, 3.63) is 23.4 Å². The molecule has 0 aromatic carbocycles. The molecule has 1 saturated heterocycles. The van der Waals surface area contributed by atoms with Crippen LogP contribution < -0.4 is 5.32 Å². The van der Waals surface area contributed by atoms with Crippen LogP contribution in [0.1, 0.15) is 48.6 Å². The van der Waals surface area contributed by atoms with Gasteiger partial charge in [0.15, 0.2) is 5.04 Å². The van der Waals surface area contributed by atoms with E-state index in [0.717, 1.165) is 44.4 Å². The molecule has 0 amide bonds. The largest absolute Gasteiger partial charge is 0.476 e. The third-order valence-corrected chi connectivity index (χ3v) is 7.94. The summed E-state index contributed by atoms with van der Waals surface area (Å²) in [6.07, 6.45) is 6.95. The second-order valence-corrected chi connectivity index (χ2v) is 9.47. The molecule has 0 spiro atoms. The van der Waals surface area contributed by atoms with Crippen molar-refractivity contribution in [2.75, 3.05) is 43.9 Å². The van der Waals surface area contributed by atoms with Gasteiger partial charge in [-0.2, -0.15) is 0 Å². The lowest BCUT2D eigenvalue weighted by Gasteiger charge is -2.38. The lowest BCUT2D eigenvalue weighted by molar-refractivity contribution is -0.129. The molecule has 29 heavy (non-hydrogen) atoms. The van der Waals surface area contributed by atoms with Crippen LogP contribution in [-0.2, 0) is 9.53 Å². The summed E-state index contributed by atoms with van der Waals surface area (Å²) in [4.78, 5) is 23.0. The number of nitrogens with zero attached hydrogens (tertiary/aromatic N) is 3. The van der Waals surface area contributed by atoms with Crippen molar-refractivity contribution in [3.8, 4) is 0 Å². The Hall–Kier alpha value is -1.64. The summed E-state index contributed by atoms with van der Waals surface area (Å²) < 4.78 is 5.50. The molecule has 1 aliphatic carbocycles. The molecule has 2 unspecified atom stereocenters. The van der Waals surface area contributed by atoms with Crippen LogP contribution in [0.3, 0.4) is 0 Å². The number of hydrogen-bond acceptors (Lipinski definition) is 7. The first-order chi connectivity index (χ1) is 14.2. The zero-order chi connectivity index (χ0) is 19.8. The van der Waals surface area contributed by atoms with Gasteiger partial charge in [0.25, 0.3) is 0 Å². The minimum Gasteiger partial charge on any atom is -0.476 e. The molecule has 156 valence electrons. The molecule has 2 N–H and O–H groups in total. The summed E-state index contributed by atoms with van der Waals surface area (Å²) in [6, 6.07) is 3.05. The Bertz CT molecular complexity index is 803. The van der Waals surface area contributed by atoms with Crippen molar-refractivity contribution in [1.29, 1.82) is 0 Å². The van der Waals surface area contributed by atoms with Gasteiger partial charge in [-0.25, -0.2) is 9.78 Å². The topological polar surface area (TPSA) is 87.0 Å². The van der Waals surface area contributed by atoms with E-state index in [9.17, 15) is 9.90 Å². The number of rotatable bonds is 4. The first-order valence-corrected chi connectivity index (χ1v) is 11.7. The maximum atomic E-state index is 11.2. The number of carboxylic acids is 1. The summed E-state index contributed by atoms with van der Waals surface area (Å²) >= 11 is 1.35. The Morgan fingerprint density at radius 3 is 2.76 bits per heavy atom. The highest BCUT2D eigenvalue weighted by molar-refractivity contribution is 8.16. The number of pyridine rings is 1. The van der Waals surface area contributed by atoms with E-state index in [2.05, 4.69) is 21.3 Å². The number of aliphatic carboxylic acids is 1. The minimum absolute atomic E-state index is 0.0222. The van der Waals surface area contributed by atoms with E-state index < -0.39 is 5.97 Å². The molecule has 1 saturated carbocycles. The predicted molar refractivity (Wildman–Crippen MR) is 114 cm³/mol. The quantitative estimate of drug-likeness (QED) is 0.780. The van der Waals surface area contributed by atoms with Crippen LogP contribution in [0.15, 0.2) is 17.3 Å². The minimum atomic E-state index is -0.910. The Kier molecular flexibility index (Phi) is 5.49. The third-order valence-electron chi connectivity index (χ3n) is 6.88. The Balaban J connectivity index is 1.27. The van der Waals surface area contributed by atoms with Crippen LogP contribution in [-0.4, -0.2) is 76.7 Å². The number of aliphatic imine (C=N–C) groups is 1. The number of hydrogen-bond donors (Lipinski definition) is 2.